The molecule has 0 amide bonds. The van der Waals surface area contributed by atoms with E-state index in [9.17, 15) is 15.3 Å². The van der Waals surface area contributed by atoms with Crippen molar-refractivity contribution in [1.29, 1.82) is 0 Å². The van der Waals surface area contributed by atoms with Crippen molar-refractivity contribution < 1.29 is 15.3 Å². The molecular weight excluding hydrogens is 400 g/mol. The molecule has 3 rings (SSSR count). The number of likely N-dealkylation sites (tertiary alicyclic amines) is 1. The third kappa shape index (κ3) is 7.72. The van der Waals surface area contributed by atoms with Crippen LogP contribution in [0.5, 0.6) is 17.2 Å². The zero-order valence-electron chi connectivity index (χ0n) is 19.5. The second-order valence-electron chi connectivity index (χ2n) is 9.18. The van der Waals surface area contributed by atoms with E-state index in [0.717, 1.165) is 44.6 Å². The molecule has 0 spiro atoms. The fourth-order valence-corrected chi connectivity index (χ4v) is 4.82. The summed E-state index contributed by atoms with van der Waals surface area (Å²) in [5.41, 5.74) is 2.38. The second kappa shape index (κ2) is 12.7. The van der Waals surface area contributed by atoms with Gasteiger partial charge in [-0.3, -0.25) is 0 Å². The Morgan fingerprint density at radius 2 is 1.66 bits per heavy atom. The van der Waals surface area contributed by atoms with Gasteiger partial charge in [-0.2, -0.15) is 0 Å². The van der Waals surface area contributed by atoms with Crippen molar-refractivity contribution in [3.8, 4) is 17.2 Å². The van der Waals surface area contributed by atoms with Crippen LogP contribution in [0.3, 0.4) is 0 Å². The third-order valence-corrected chi connectivity index (χ3v) is 6.62. The fraction of sp³-hybridized carbons (Fsp3) is 0.556. The molecule has 1 atom stereocenters. The summed E-state index contributed by atoms with van der Waals surface area (Å²) < 4.78 is 0. The van der Waals surface area contributed by atoms with Gasteiger partial charge in [0.2, 0.25) is 0 Å². The Hall–Kier alpha value is -2.24. The van der Waals surface area contributed by atoms with E-state index in [-0.39, 0.29) is 11.5 Å². The van der Waals surface area contributed by atoms with E-state index < -0.39 is 0 Å². The van der Waals surface area contributed by atoms with Crippen molar-refractivity contribution in [3.63, 3.8) is 0 Å². The molecule has 0 aliphatic carbocycles. The molecule has 1 aliphatic rings. The van der Waals surface area contributed by atoms with Crippen molar-refractivity contribution >= 4 is 0 Å². The summed E-state index contributed by atoms with van der Waals surface area (Å²) in [4.78, 5) is 5.18. The summed E-state index contributed by atoms with van der Waals surface area (Å²) >= 11 is 0. The van der Waals surface area contributed by atoms with E-state index in [1.807, 2.05) is 18.2 Å². The minimum atomic E-state index is -0.0442. The predicted octanol–water partition coefficient (Wildman–Crippen LogP) is 4.94. The first-order valence-corrected chi connectivity index (χ1v) is 12.3. The summed E-state index contributed by atoms with van der Waals surface area (Å²) in [7, 11) is 0. The lowest BCUT2D eigenvalue weighted by molar-refractivity contribution is 0.238. The Morgan fingerprint density at radius 3 is 2.41 bits per heavy atom. The summed E-state index contributed by atoms with van der Waals surface area (Å²) in [6.07, 6.45) is 9.33. The summed E-state index contributed by atoms with van der Waals surface area (Å²) in [6, 6.07) is 13.3. The maximum Gasteiger partial charge on any atom is 0.157 e. The van der Waals surface area contributed by atoms with Crippen LogP contribution in [-0.4, -0.2) is 63.9 Å². The zero-order valence-corrected chi connectivity index (χ0v) is 19.5. The first-order chi connectivity index (χ1) is 15.5. The van der Waals surface area contributed by atoms with Gasteiger partial charge < -0.3 is 25.1 Å². The van der Waals surface area contributed by atoms with Crippen molar-refractivity contribution in [2.24, 2.45) is 0 Å². The van der Waals surface area contributed by atoms with Gasteiger partial charge in [-0.25, -0.2) is 0 Å². The second-order valence-corrected chi connectivity index (χ2v) is 9.18. The molecule has 0 unspecified atom stereocenters. The summed E-state index contributed by atoms with van der Waals surface area (Å²) in [5.74, 6) is 0.270. The van der Waals surface area contributed by atoms with E-state index in [0.29, 0.717) is 11.8 Å². The number of aromatic hydroxyl groups is 3. The van der Waals surface area contributed by atoms with Gasteiger partial charge >= 0.3 is 0 Å². The van der Waals surface area contributed by atoms with Gasteiger partial charge in [0.05, 0.1) is 0 Å². The van der Waals surface area contributed by atoms with Gasteiger partial charge in [0, 0.05) is 12.6 Å². The third-order valence-electron chi connectivity index (χ3n) is 6.62. The molecule has 5 heteroatoms. The maximum atomic E-state index is 9.76. The molecule has 0 saturated carbocycles. The van der Waals surface area contributed by atoms with Gasteiger partial charge in [-0.1, -0.05) is 31.5 Å². The molecule has 32 heavy (non-hydrogen) atoms. The van der Waals surface area contributed by atoms with E-state index in [1.165, 1.54) is 50.6 Å². The Morgan fingerprint density at radius 1 is 0.875 bits per heavy atom. The smallest absolute Gasteiger partial charge is 0.157 e. The molecule has 1 aliphatic heterocycles. The number of unbranched alkanes of at least 4 members (excludes halogenated alkanes) is 2. The van der Waals surface area contributed by atoms with Crippen LogP contribution in [0.2, 0.25) is 0 Å². The van der Waals surface area contributed by atoms with Crippen LogP contribution in [0.1, 0.15) is 56.6 Å². The number of benzene rings is 2. The van der Waals surface area contributed by atoms with Crippen LogP contribution in [0.25, 0.3) is 0 Å². The normalized spacial score (nSPS) is 16.8. The van der Waals surface area contributed by atoms with E-state index in [2.05, 4.69) is 16.7 Å². The van der Waals surface area contributed by atoms with E-state index in [1.54, 1.807) is 24.3 Å². The molecule has 2 aromatic carbocycles. The lowest BCUT2D eigenvalue weighted by atomic mass is 10.0. The first kappa shape index (κ1) is 24.4. The van der Waals surface area contributed by atoms with Crippen LogP contribution < -0.4 is 0 Å². The Bertz CT molecular complexity index is 809. The van der Waals surface area contributed by atoms with Crippen LogP contribution in [0.4, 0.5) is 0 Å². The van der Waals surface area contributed by atoms with Crippen LogP contribution in [0, 0.1) is 0 Å². The topological polar surface area (TPSA) is 67.2 Å². The molecule has 0 radical (unpaired) electrons. The minimum absolute atomic E-state index is 0.0194. The fourth-order valence-electron chi connectivity index (χ4n) is 4.82. The van der Waals surface area contributed by atoms with Crippen molar-refractivity contribution in [1.82, 2.24) is 9.80 Å². The molecule has 0 aromatic heterocycles. The van der Waals surface area contributed by atoms with E-state index >= 15 is 0 Å². The van der Waals surface area contributed by atoms with Crippen LogP contribution in [0.15, 0.2) is 42.5 Å². The van der Waals surface area contributed by atoms with Crippen molar-refractivity contribution in [2.45, 2.75) is 64.3 Å². The summed E-state index contributed by atoms with van der Waals surface area (Å²) in [6.45, 7) is 7.94. The van der Waals surface area contributed by atoms with Gasteiger partial charge in [-0.05, 0) is 107 Å². The molecule has 1 saturated heterocycles. The highest BCUT2D eigenvalue weighted by atomic mass is 16.3. The predicted molar refractivity (Wildman–Crippen MR) is 130 cm³/mol. The van der Waals surface area contributed by atoms with Crippen molar-refractivity contribution in [3.05, 3.63) is 53.6 Å². The van der Waals surface area contributed by atoms with Gasteiger partial charge in [-0.15, -0.1) is 0 Å². The quantitative estimate of drug-likeness (QED) is 0.304. The van der Waals surface area contributed by atoms with Crippen LogP contribution in [-0.2, 0) is 12.8 Å². The molecule has 0 bridgehead atoms. The molecule has 1 heterocycles. The average molecular weight is 441 g/mol. The lowest BCUT2D eigenvalue weighted by Crippen LogP contribution is -2.32. The minimum Gasteiger partial charge on any atom is -0.508 e. The average Bonchev–Trinajstić information content (AvgIpc) is 3.22. The molecule has 176 valence electrons. The number of hydrogen-bond acceptors (Lipinski definition) is 5. The first-order valence-electron chi connectivity index (χ1n) is 12.3. The number of hydrogen-bond donors (Lipinski definition) is 3. The Kier molecular flexibility index (Phi) is 9.69. The SMILES string of the molecule is CCCN(CCCCCN1CCC[C@@H]1Cc1ccc(O)c(O)c1)CCc1ccc(O)cc1. The highest BCUT2D eigenvalue weighted by Crippen LogP contribution is 2.28. The van der Waals surface area contributed by atoms with Crippen LogP contribution >= 0.6 is 0 Å². The molecule has 5 nitrogen and oxygen atoms in total. The standard InChI is InChI=1S/C27H40N2O3/c1-2-15-28(19-14-22-8-11-25(30)12-9-22)16-4-3-5-17-29-18-6-7-24(29)20-23-10-13-26(31)27(32)21-23/h8-13,21,24,30-32H,2-7,14-20H2,1H3/t24-/m1/s1. The summed E-state index contributed by atoms with van der Waals surface area (Å²) in [5, 5.41) is 28.7. The highest BCUT2D eigenvalue weighted by Gasteiger charge is 2.24. The number of phenols is 3. The zero-order chi connectivity index (χ0) is 22.8. The molecule has 3 N–H and O–H groups in total. The Labute approximate surface area is 193 Å². The van der Waals surface area contributed by atoms with E-state index in [4.69, 9.17) is 0 Å². The number of rotatable bonds is 13. The monoisotopic (exact) mass is 440 g/mol. The van der Waals surface area contributed by atoms with Gasteiger partial charge in [0.1, 0.15) is 5.75 Å². The molecule has 1 fully saturated rings. The largest absolute Gasteiger partial charge is 0.508 e. The number of nitrogens with zero attached hydrogens (tertiary/aromatic N) is 2. The van der Waals surface area contributed by atoms with Crippen molar-refractivity contribution in [2.75, 3.05) is 32.7 Å². The maximum absolute atomic E-state index is 9.76. The molecular formula is C27H40N2O3. The number of phenolic OH excluding ortho intramolecular Hbond substituents is 3. The Balaban J connectivity index is 1.35. The van der Waals surface area contributed by atoms with Gasteiger partial charge in [0.25, 0.3) is 0 Å². The molecule has 2 aromatic rings. The van der Waals surface area contributed by atoms with Gasteiger partial charge in [0.15, 0.2) is 11.5 Å². The lowest BCUT2D eigenvalue weighted by Gasteiger charge is -2.25. The highest BCUT2D eigenvalue weighted by molar-refractivity contribution is 5.40.